The molecule has 0 amide bonds. The number of carboxylic acid groups (broad SMARTS) is 1. The van der Waals surface area contributed by atoms with Crippen LogP contribution in [0.2, 0.25) is 0 Å². The third kappa shape index (κ3) is 4.41. The number of rotatable bonds is 5. The van der Waals surface area contributed by atoms with E-state index in [-0.39, 0.29) is 17.2 Å². The number of hydrogen-bond acceptors (Lipinski definition) is 4. The van der Waals surface area contributed by atoms with Gasteiger partial charge in [0.2, 0.25) is 12.0 Å². The molecule has 1 atom stereocenters. The third-order valence-electron chi connectivity index (χ3n) is 4.45. The lowest BCUT2D eigenvalue weighted by atomic mass is 10.1. The summed E-state index contributed by atoms with van der Waals surface area (Å²) in [4.78, 5) is 16.3. The number of carboxylic acids is 1. The van der Waals surface area contributed by atoms with Crippen molar-refractivity contribution in [2.75, 3.05) is 0 Å². The Morgan fingerprint density at radius 3 is 2.55 bits per heavy atom. The van der Waals surface area contributed by atoms with Crippen molar-refractivity contribution in [3.8, 4) is 17.2 Å². The van der Waals surface area contributed by atoms with Crippen LogP contribution in [-0.4, -0.2) is 16.1 Å². The lowest BCUT2D eigenvalue weighted by Crippen LogP contribution is -2.19. The molecule has 0 aliphatic rings. The molecule has 31 heavy (non-hydrogen) atoms. The molecule has 0 radical (unpaired) electrons. The number of oxazole rings is 1. The Morgan fingerprint density at radius 2 is 1.84 bits per heavy atom. The van der Waals surface area contributed by atoms with Gasteiger partial charge in [0, 0.05) is 10.0 Å². The van der Waals surface area contributed by atoms with Crippen LogP contribution in [-0.2, 0) is 11.0 Å². The molecule has 5 nitrogen and oxygen atoms in total. The quantitative estimate of drug-likeness (QED) is 0.345. The van der Waals surface area contributed by atoms with Gasteiger partial charge >= 0.3 is 12.1 Å². The highest BCUT2D eigenvalue weighted by Gasteiger charge is 2.32. The first-order valence-corrected chi connectivity index (χ1v) is 9.74. The normalized spacial score (nSPS) is 12.6. The van der Waals surface area contributed by atoms with E-state index in [0.717, 1.165) is 18.2 Å². The maximum Gasteiger partial charge on any atom is 0.416 e. The van der Waals surface area contributed by atoms with Gasteiger partial charge in [-0.2, -0.15) is 13.2 Å². The first-order valence-electron chi connectivity index (χ1n) is 8.94. The Balaban J connectivity index is 1.76. The number of ether oxygens (including phenoxy) is 1. The number of aromatic nitrogens is 1. The van der Waals surface area contributed by atoms with Gasteiger partial charge in [0.05, 0.1) is 11.1 Å². The fourth-order valence-corrected chi connectivity index (χ4v) is 3.39. The van der Waals surface area contributed by atoms with Crippen LogP contribution in [0.1, 0.15) is 17.2 Å². The molecule has 0 bridgehead atoms. The number of halogens is 4. The standard InChI is InChI=1S/C22H13BrF3NO4/c23-14-8-9-17(15(11-14)20-27-16-6-1-2-7-18(16)31-20)30-19(21(28)29)12-4-3-5-13(10-12)22(24,25)26/h1-11,19H,(H,28,29). The monoisotopic (exact) mass is 491 g/mol. The summed E-state index contributed by atoms with van der Waals surface area (Å²) in [5.74, 6) is -1.16. The minimum Gasteiger partial charge on any atom is -0.478 e. The molecule has 1 aromatic heterocycles. The molecule has 0 spiro atoms. The smallest absolute Gasteiger partial charge is 0.416 e. The van der Waals surface area contributed by atoms with Crippen LogP contribution < -0.4 is 4.74 Å². The zero-order chi connectivity index (χ0) is 22.2. The molecular weight excluding hydrogens is 479 g/mol. The van der Waals surface area contributed by atoms with E-state index in [0.29, 0.717) is 21.1 Å². The Bertz CT molecular complexity index is 1240. The van der Waals surface area contributed by atoms with Gasteiger partial charge < -0.3 is 14.3 Å². The Hall–Kier alpha value is -3.33. The van der Waals surface area contributed by atoms with E-state index in [1.54, 1.807) is 36.4 Å². The van der Waals surface area contributed by atoms with Crippen molar-refractivity contribution >= 4 is 33.0 Å². The van der Waals surface area contributed by atoms with Crippen molar-refractivity contribution in [3.63, 3.8) is 0 Å². The Morgan fingerprint density at radius 1 is 1.06 bits per heavy atom. The van der Waals surface area contributed by atoms with E-state index in [9.17, 15) is 23.1 Å². The second-order valence-electron chi connectivity index (χ2n) is 6.59. The van der Waals surface area contributed by atoms with E-state index in [1.165, 1.54) is 12.1 Å². The number of nitrogens with zero attached hydrogens (tertiary/aromatic N) is 1. The van der Waals surface area contributed by atoms with Crippen molar-refractivity contribution in [1.29, 1.82) is 0 Å². The molecule has 9 heteroatoms. The van der Waals surface area contributed by atoms with E-state index < -0.39 is 23.8 Å². The van der Waals surface area contributed by atoms with Gasteiger partial charge in [0.25, 0.3) is 0 Å². The highest BCUT2D eigenvalue weighted by Crippen LogP contribution is 2.37. The second-order valence-corrected chi connectivity index (χ2v) is 7.50. The average molecular weight is 492 g/mol. The van der Waals surface area contributed by atoms with Crippen LogP contribution in [0.15, 0.2) is 75.6 Å². The maximum absolute atomic E-state index is 13.1. The molecule has 1 N–H and O–H groups in total. The molecule has 1 unspecified atom stereocenters. The largest absolute Gasteiger partial charge is 0.478 e. The lowest BCUT2D eigenvalue weighted by molar-refractivity contribution is -0.146. The number of alkyl halides is 3. The molecule has 1 heterocycles. The first-order chi connectivity index (χ1) is 14.7. The van der Waals surface area contributed by atoms with Crippen molar-refractivity contribution in [3.05, 3.63) is 82.3 Å². The van der Waals surface area contributed by atoms with Crippen molar-refractivity contribution in [2.24, 2.45) is 0 Å². The van der Waals surface area contributed by atoms with E-state index in [4.69, 9.17) is 9.15 Å². The van der Waals surface area contributed by atoms with Crippen LogP contribution in [0, 0.1) is 0 Å². The number of hydrogen-bond donors (Lipinski definition) is 1. The van der Waals surface area contributed by atoms with Gasteiger partial charge in [0.1, 0.15) is 11.3 Å². The zero-order valence-corrected chi connectivity index (χ0v) is 17.1. The molecule has 0 fully saturated rings. The van der Waals surface area contributed by atoms with E-state index in [2.05, 4.69) is 20.9 Å². The molecular formula is C22H13BrF3NO4. The predicted molar refractivity (Wildman–Crippen MR) is 110 cm³/mol. The van der Waals surface area contributed by atoms with Crippen LogP contribution in [0.5, 0.6) is 5.75 Å². The second kappa shape index (κ2) is 8.07. The van der Waals surface area contributed by atoms with Crippen LogP contribution in [0.4, 0.5) is 13.2 Å². The highest BCUT2D eigenvalue weighted by atomic mass is 79.9. The highest BCUT2D eigenvalue weighted by molar-refractivity contribution is 9.10. The van der Waals surface area contributed by atoms with Crippen LogP contribution in [0.25, 0.3) is 22.6 Å². The van der Waals surface area contributed by atoms with Gasteiger partial charge in [-0.3, -0.25) is 0 Å². The summed E-state index contributed by atoms with van der Waals surface area (Å²) in [5, 5.41) is 9.66. The number of fused-ring (bicyclic) bond motifs is 1. The number of carbonyl (C=O) groups is 1. The van der Waals surface area contributed by atoms with Crippen LogP contribution >= 0.6 is 15.9 Å². The zero-order valence-electron chi connectivity index (χ0n) is 15.6. The minimum atomic E-state index is -4.61. The summed E-state index contributed by atoms with van der Waals surface area (Å²) >= 11 is 3.34. The fraction of sp³-hybridized carbons (Fsp3) is 0.0909. The average Bonchev–Trinajstić information content (AvgIpc) is 3.16. The van der Waals surface area contributed by atoms with Crippen molar-refractivity contribution in [2.45, 2.75) is 12.3 Å². The topological polar surface area (TPSA) is 72.6 Å². The number of benzene rings is 3. The summed E-state index contributed by atoms with van der Waals surface area (Å²) in [7, 11) is 0. The van der Waals surface area contributed by atoms with Crippen molar-refractivity contribution < 1.29 is 32.2 Å². The summed E-state index contributed by atoms with van der Waals surface area (Å²) in [5.41, 5.74) is 0.361. The van der Waals surface area contributed by atoms with E-state index >= 15 is 0 Å². The Kier molecular flexibility index (Phi) is 5.45. The molecule has 0 aliphatic carbocycles. The summed E-state index contributed by atoms with van der Waals surface area (Å²) < 4.78 is 51.3. The van der Waals surface area contributed by atoms with Gasteiger partial charge in [-0.25, -0.2) is 9.78 Å². The molecule has 4 rings (SSSR count). The van der Waals surface area contributed by atoms with E-state index in [1.807, 2.05) is 0 Å². The predicted octanol–water partition coefficient (Wildman–Crippen LogP) is 6.48. The third-order valence-corrected chi connectivity index (χ3v) is 4.94. The molecule has 4 aromatic rings. The fourth-order valence-electron chi connectivity index (χ4n) is 3.03. The summed E-state index contributed by atoms with van der Waals surface area (Å²) in [6.45, 7) is 0. The van der Waals surface area contributed by atoms with Gasteiger partial charge in [-0.15, -0.1) is 0 Å². The van der Waals surface area contributed by atoms with Gasteiger partial charge in [-0.1, -0.05) is 40.2 Å². The molecule has 0 saturated carbocycles. The number of aliphatic carboxylic acids is 1. The lowest BCUT2D eigenvalue weighted by Gasteiger charge is -2.18. The number of para-hydroxylation sites is 2. The molecule has 158 valence electrons. The SMILES string of the molecule is O=C(O)C(Oc1ccc(Br)cc1-c1nc2ccccc2o1)c1cccc(C(F)(F)F)c1. The van der Waals surface area contributed by atoms with Gasteiger partial charge in [-0.05, 0) is 42.5 Å². The van der Waals surface area contributed by atoms with Crippen molar-refractivity contribution in [1.82, 2.24) is 4.98 Å². The summed E-state index contributed by atoms with van der Waals surface area (Å²) in [6, 6.07) is 15.8. The summed E-state index contributed by atoms with van der Waals surface area (Å²) in [6.07, 6.45) is -6.29. The Labute approximate surface area is 182 Å². The maximum atomic E-state index is 13.1. The first kappa shape index (κ1) is 20.9. The van der Waals surface area contributed by atoms with Crippen LogP contribution in [0.3, 0.4) is 0 Å². The molecule has 0 saturated heterocycles. The molecule has 0 aliphatic heterocycles. The van der Waals surface area contributed by atoms with Gasteiger partial charge in [0.15, 0.2) is 5.58 Å². The minimum absolute atomic E-state index is 0.0968. The molecule has 3 aromatic carbocycles.